The van der Waals surface area contributed by atoms with Gasteiger partial charge >= 0.3 is 0 Å². The van der Waals surface area contributed by atoms with E-state index in [1.165, 1.54) is 5.56 Å². The van der Waals surface area contributed by atoms with Gasteiger partial charge in [0.2, 0.25) is 0 Å². The molecule has 2 aromatic carbocycles. The third-order valence-electron chi connectivity index (χ3n) is 4.77. The summed E-state index contributed by atoms with van der Waals surface area (Å²) in [5.74, 6) is 3.71. The molecule has 0 aliphatic carbocycles. The second-order valence-corrected chi connectivity index (χ2v) is 6.64. The molecule has 156 valence electrons. The zero-order valence-corrected chi connectivity index (χ0v) is 17.5. The van der Waals surface area contributed by atoms with Gasteiger partial charge in [-0.25, -0.2) is 4.99 Å². The number of guanidine groups is 1. The van der Waals surface area contributed by atoms with Crippen LogP contribution < -0.4 is 29.6 Å². The summed E-state index contributed by atoms with van der Waals surface area (Å²) in [6.45, 7) is 3.86. The van der Waals surface area contributed by atoms with Crippen LogP contribution in [0.5, 0.6) is 23.0 Å². The lowest BCUT2D eigenvalue weighted by Crippen LogP contribution is -2.42. The average Bonchev–Trinajstić information content (AvgIpc) is 3.18. The second-order valence-electron chi connectivity index (χ2n) is 6.64. The first-order chi connectivity index (χ1) is 14.2. The number of nitrogens with zero attached hydrogens (tertiary/aromatic N) is 1. The van der Waals surface area contributed by atoms with Crippen molar-refractivity contribution in [3.05, 3.63) is 47.5 Å². The Hall–Kier alpha value is -3.09. The standard InChI is InChI=1S/C22H29N3O4/c1-5-23-22(24-13-17-10-15-8-6-7-9-19(15)29-17)25-14-18-20(27-3)11-16(26-2)12-21(18)28-4/h6-9,11-12,17H,5,10,13-14H2,1-4H3,(H2,23,24,25). The lowest BCUT2D eigenvalue weighted by atomic mass is 10.1. The van der Waals surface area contributed by atoms with Crippen molar-refractivity contribution in [2.24, 2.45) is 4.99 Å². The summed E-state index contributed by atoms with van der Waals surface area (Å²) < 4.78 is 22.3. The maximum absolute atomic E-state index is 6.00. The van der Waals surface area contributed by atoms with Crippen molar-refractivity contribution >= 4 is 5.96 Å². The molecule has 2 aromatic rings. The van der Waals surface area contributed by atoms with Crippen molar-refractivity contribution in [3.63, 3.8) is 0 Å². The van der Waals surface area contributed by atoms with Crippen LogP contribution in [0.1, 0.15) is 18.1 Å². The molecule has 1 atom stereocenters. The summed E-state index contributed by atoms with van der Waals surface area (Å²) in [6, 6.07) is 11.8. The number of fused-ring (bicyclic) bond motifs is 1. The van der Waals surface area contributed by atoms with E-state index in [-0.39, 0.29) is 6.10 Å². The number of hydrogen-bond donors (Lipinski definition) is 2. The Bertz CT molecular complexity index is 804. The zero-order chi connectivity index (χ0) is 20.6. The summed E-state index contributed by atoms with van der Waals surface area (Å²) in [5.41, 5.74) is 2.10. The van der Waals surface area contributed by atoms with Gasteiger partial charge < -0.3 is 29.6 Å². The molecule has 2 N–H and O–H groups in total. The lowest BCUT2D eigenvalue weighted by molar-refractivity contribution is 0.235. The Labute approximate surface area is 172 Å². The van der Waals surface area contributed by atoms with Crippen molar-refractivity contribution < 1.29 is 18.9 Å². The molecule has 1 aliphatic heterocycles. The number of hydrogen-bond acceptors (Lipinski definition) is 5. The van der Waals surface area contributed by atoms with E-state index in [1.54, 1.807) is 21.3 Å². The van der Waals surface area contributed by atoms with Crippen LogP contribution >= 0.6 is 0 Å². The molecule has 1 heterocycles. The number of para-hydroxylation sites is 1. The number of ether oxygens (including phenoxy) is 4. The number of aliphatic imine (C=N–C) groups is 1. The Morgan fingerprint density at radius 1 is 1.07 bits per heavy atom. The minimum Gasteiger partial charge on any atom is -0.496 e. The van der Waals surface area contributed by atoms with Crippen LogP contribution in [0.15, 0.2) is 41.4 Å². The molecule has 1 unspecified atom stereocenters. The molecule has 0 aromatic heterocycles. The maximum Gasteiger partial charge on any atom is 0.191 e. The number of methoxy groups -OCH3 is 3. The van der Waals surface area contributed by atoms with Crippen molar-refractivity contribution in [3.8, 4) is 23.0 Å². The first-order valence-electron chi connectivity index (χ1n) is 9.74. The van der Waals surface area contributed by atoms with Crippen LogP contribution in [0, 0.1) is 0 Å². The molecule has 7 nitrogen and oxygen atoms in total. The summed E-state index contributed by atoms with van der Waals surface area (Å²) in [6.07, 6.45) is 0.976. The van der Waals surface area contributed by atoms with E-state index in [4.69, 9.17) is 23.9 Å². The molecule has 7 heteroatoms. The molecular weight excluding hydrogens is 370 g/mol. The molecule has 0 saturated carbocycles. The summed E-state index contributed by atoms with van der Waals surface area (Å²) in [5, 5.41) is 6.65. The van der Waals surface area contributed by atoms with Crippen molar-refractivity contribution in [2.75, 3.05) is 34.4 Å². The predicted octanol–water partition coefficient (Wildman–Crippen LogP) is 2.77. The molecule has 0 saturated heterocycles. The first-order valence-corrected chi connectivity index (χ1v) is 9.74. The third kappa shape index (κ3) is 5.04. The fourth-order valence-corrected chi connectivity index (χ4v) is 3.31. The summed E-state index contributed by atoms with van der Waals surface area (Å²) in [7, 11) is 4.86. The number of nitrogens with one attached hydrogen (secondary N) is 2. The maximum atomic E-state index is 6.00. The fraction of sp³-hybridized carbons (Fsp3) is 0.409. The van der Waals surface area contributed by atoms with Crippen LogP contribution in [0.3, 0.4) is 0 Å². The van der Waals surface area contributed by atoms with Gasteiger partial charge in [-0.05, 0) is 18.6 Å². The first kappa shape index (κ1) is 20.6. The second kappa shape index (κ2) is 9.91. The Morgan fingerprint density at radius 2 is 1.79 bits per heavy atom. The van der Waals surface area contributed by atoms with Gasteiger partial charge in [0, 0.05) is 25.1 Å². The molecule has 3 rings (SSSR count). The molecule has 0 amide bonds. The normalized spacial score (nSPS) is 15.3. The number of benzene rings is 2. The van der Waals surface area contributed by atoms with Gasteiger partial charge in [-0.1, -0.05) is 18.2 Å². The Kier molecular flexibility index (Phi) is 7.05. The highest BCUT2D eigenvalue weighted by Crippen LogP contribution is 2.34. The Balaban J connectivity index is 1.68. The highest BCUT2D eigenvalue weighted by molar-refractivity contribution is 5.80. The molecule has 1 aliphatic rings. The molecular formula is C22H29N3O4. The van der Waals surface area contributed by atoms with Gasteiger partial charge in [0.1, 0.15) is 29.1 Å². The van der Waals surface area contributed by atoms with E-state index in [0.717, 1.165) is 24.3 Å². The van der Waals surface area contributed by atoms with Gasteiger partial charge in [-0.3, -0.25) is 0 Å². The van der Waals surface area contributed by atoms with Crippen LogP contribution in [0.25, 0.3) is 0 Å². The largest absolute Gasteiger partial charge is 0.496 e. The summed E-state index contributed by atoms with van der Waals surface area (Å²) in [4.78, 5) is 4.70. The highest BCUT2D eigenvalue weighted by atomic mass is 16.5. The van der Waals surface area contributed by atoms with E-state index < -0.39 is 0 Å². The van der Waals surface area contributed by atoms with E-state index in [1.807, 2.05) is 37.3 Å². The van der Waals surface area contributed by atoms with Gasteiger partial charge in [-0.2, -0.15) is 0 Å². The Morgan fingerprint density at radius 3 is 2.41 bits per heavy atom. The van der Waals surface area contributed by atoms with E-state index >= 15 is 0 Å². The van der Waals surface area contributed by atoms with Gasteiger partial charge in [0.25, 0.3) is 0 Å². The zero-order valence-electron chi connectivity index (χ0n) is 17.5. The van der Waals surface area contributed by atoms with Gasteiger partial charge in [-0.15, -0.1) is 0 Å². The molecule has 0 spiro atoms. The van der Waals surface area contributed by atoms with Crippen molar-refractivity contribution in [2.45, 2.75) is 26.0 Å². The quantitative estimate of drug-likeness (QED) is 0.525. The van der Waals surface area contributed by atoms with E-state index in [2.05, 4.69) is 16.7 Å². The van der Waals surface area contributed by atoms with Crippen LogP contribution in [0.2, 0.25) is 0 Å². The predicted molar refractivity (Wildman–Crippen MR) is 113 cm³/mol. The average molecular weight is 399 g/mol. The van der Waals surface area contributed by atoms with Gasteiger partial charge in [0.15, 0.2) is 5.96 Å². The van der Waals surface area contributed by atoms with Crippen molar-refractivity contribution in [1.82, 2.24) is 10.6 Å². The summed E-state index contributed by atoms with van der Waals surface area (Å²) >= 11 is 0. The third-order valence-corrected chi connectivity index (χ3v) is 4.77. The van der Waals surface area contributed by atoms with E-state index in [0.29, 0.717) is 36.3 Å². The van der Waals surface area contributed by atoms with Crippen molar-refractivity contribution in [1.29, 1.82) is 0 Å². The topological polar surface area (TPSA) is 73.3 Å². The minimum atomic E-state index is 0.0846. The lowest BCUT2D eigenvalue weighted by Gasteiger charge is -2.17. The minimum absolute atomic E-state index is 0.0846. The molecule has 0 bridgehead atoms. The number of rotatable bonds is 8. The molecule has 0 radical (unpaired) electrons. The smallest absolute Gasteiger partial charge is 0.191 e. The van der Waals surface area contributed by atoms with Crippen LogP contribution in [-0.4, -0.2) is 46.5 Å². The fourth-order valence-electron chi connectivity index (χ4n) is 3.31. The highest BCUT2D eigenvalue weighted by Gasteiger charge is 2.22. The van der Waals surface area contributed by atoms with Gasteiger partial charge in [0.05, 0.1) is 40.0 Å². The molecule has 29 heavy (non-hydrogen) atoms. The van der Waals surface area contributed by atoms with Crippen LogP contribution in [-0.2, 0) is 13.0 Å². The monoisotopic (exact) mass is 399 g/mol. The van der Waals surface area contributed by atoms with E-state index in [9.17, 15) is 0 Å². The molecule has 0 fully saturated rings. The van der Waals surface area contributed by atoms with Crippen LogP contribution in [0.4, 0.5) is 0 Å². The SMILES string of the molecule is CCNC(=NCc1c(OC)cc(OC)cc1OC)NCC1Cc2ccccc2O1.